The van der Waals surface area contributed by atoms with Gasteiger partial charge >= 0.3 is 0 Å². The van der Waals surface area contributed by atoms with Crippen LogP contribution in [-0.2, 0) is 12.8 Å². The van der Waals surface area contributed by atoms with Crippen LogP contribution in [0.15, 0.2) is 36.4 Å². The Labute approximate surface area is 198 Å². The van der Waals surface area contributed by atoms with E-state index in [0.717, 1.165) is 31.2 Å². The smallest absolute Gasteiger partial charge is 0.0343 e. The summed E-state index contributed by atoms with van der Waals surface area (Å²) in [5.74, 6) is 1.79. The van der Waals surface area contributed by atoms with Crippen molar-refractivity contribution in [1.82, 2.24) is 0 Å². The fraction of sp³-hybridized carbons (Fsp3) is 0.613. The molecule has 0 amide bonds. The minimum atomic E-state index is 0.793. The number of nitrogens with one attached hydrogen (secondary N) is 1. The van der Waals surface area contributed by atoms with Crippen LogP contribution in [0.5, 0.6) is 0 Å². The molecule has 1 N–H and O–H groups in total. The quantitative estimate of drug-likeness (QED) is 0.329. The molecular weight excluding hydrogens is 386 g/mol. The lowest BCUT2D eigenvalue weighted by Crippen LogP contribution is -2.14. The van der Waals surface area contributed by atoms with Gasteiger partial charge in [-0.25, -0.2) is 0 Å². The Morgan fingerprint density at radius 1 is 0.781 bits per heavy atom. The summed E-state index contributed by atoms with van der Waals surface area (Å²) in [6.07, 6.45) is 16.1. The third kappa shape index (κ3) is 7.39. The van der Waals surface area contributed by atoms with Gasteiger partial charge in [0.15, 0.2) is 0 Å². The summed E-state index contributed by atoms with van der Waals surface area (Å²) in [7, 11) is 0. The van der Waals surface area contributed by atoms with Crippen LogP contribution in [0, 0.1) is 19.8 Å². The van der Waals surface area contributed by atoms with E-state index in [0.29, 0.717) is 0 Å². The molecule has 2 aromatic rings. The standard InChI is InChI=1S/C31H47N/c1-5-7-9-10-26-11-16-29(17-12-26)31-20-14-27(22-25(31)4)13-15-28-18-19-30(23-24(28)3)32-21-8-6-2/h14,18-20,22-23,26,29,32H,5-13,15-17,21H2,1-4H3/t26-,29-. The molecule has 1 fully saturated rings. The molecule has 0 aliphatic heterocycles. The van der Waals surface area contributed by atoms with Crippen LogP contribution in [-0.4, -0.2) is 6.54 Å². The molecule has 1 nitrogen and oxygen atoms in total. The Hall–Kier alpha value is -1.76. The minimum absolute atomic E-state index is 0.793. The van der Waals surface area contributed by atoms with E-state index in [9.17, 15) is 0 Å². The molecule has 0 radical (unpaired) electrons. The molecule has 0 spiro atoms. The highest BCUT2D eigenvalue weighted by atomic mass is 14.9. The summed E-state index contributed by atoms with van der Waals surface area (Å²) in [6.45, 7) is 10.2. The lowest BCUT2D eigenvalue weighted by molar-refractivity contribution is 0.302. The first-order chi connectivity index (χ1) is 15.6. The van der Waals surface area contributed by atoms with Crippen molar-refractivity contribution >= 4 is 5.69 Å². The van der Waals surface area contributed by atoms with Gasteiger partial charge in [-0.15, -0.1) is 0 Å². The Balaban J connectivity index is 1.50. The highest BCUT2D eigenvalue weighted by Gasteiger charge is 2.23. The van der Waals surface area contributed by atoms with E-state index >= 15 is 0 Å². The Morgan fingerprint density at radius 3 is 2.25 bits per heavy atom. The van der Waals surface area contributed by atoms with Crippen molar-refractivity contribution in [2.24, 2.45) is 5.92 Å². The molecule has 0 atom stereocenters. The van der Waals surface area contributed by atoms with Crippen molar-refractivity contribution in [3.8, 4) is 0 Å². The first-order valence-corrected chi connectivity index (χ1v) is 13.5. The van der Waals surface area contributed by atoms with E-state index in [4.69, 9.17) is 0 Å². The maximum Gasteiger partial charge on any atom is 0.0343 e. The average molecular weight is 434 g/mol. The third-order valence-electron chi connectivity index (χ3n) is 7.72. The summed E-state index contributed by atoms with van der Waals surface area (Å²) in [5, 5.41) is 3.55. The van der Waals surface area contributed by atoms with Crippen LogP contribution < -0.4 is 5.32 Å². The van der Waals surface area contributed by atoms with Crippen molar-refractivity contribution in [2.75, 3.05) is 11.9 Å². The summed E-state index contributed by atoms with van der Waals surface area (Å²) < 4.78 is 0. The van der Waals surface area contributed by atoms with E-state index in [1.165, 1.54) is 92.1 Å². The lowest BCUT2D eigenvalue weighted by Gasteiger charge is -2.30. The lowest BCUT2D eigenvalue weighted by atomic mass is 9.76. The normalized spacial score (nSPS) is 18.6. The van der Waals surface area contributed by atoms with Crippen LogP contribution in [0.2, 0.25) is 0 Å². The molecule has 0 aromatic heterocycles. The van der Waals surface area contributed by atoms with Crippen molar-refractivity contribution < 1.29 is 0 Å². The number of aryl methyl sites for hydroxylation is 4. The van der Waals surface area contributed by atoms with Crippen LogP contribution in [0.1, 0.15) is 112 Å². The zero-order chi connectivity index (χ0) is 22.8. The molecule has 1 heteroatoms. The van der Waals surface area contributed by atoms with Crippen LogP contribution in [0.25, 0.3) is 0 Å². The van der Waals surface area contributed by atoms with E-state index in [1.54, 1.807) is 5.56 Å². The first kappa shape index (κ1) is 24.9. The molecule has 32 heavy (non-hydrogen) atoms. The zero-order valence-electron chi connectivity index (χ0n) is 21.3. The van der Waals surface area contributed by atoms with E-state index in [1.807, 2.05) is 0 Å². The maximum atomic E-state index is 3.55. The molecule has 1 aliphatic carbocycles. The van der Waals surface area contributed by atoms with Gasteiger partial charge < -0.3 is 5.32 Å². The number of unbranched alkanes of at least 4 members (excludes halogenated alkanes) is 3. The van der Waals surface area contributed by atoms with Crippen molar-refractivity contribution in [3.05, 3.63) is 64.2 Å². The molecule has 0 unspecified atom stereocenters. The van der Waals surface area contributed by atoms with Gasteiger partial charge in [0.2, 0.25) is 0 Å². The molecule has 1 aliphatic rings. The third-order valence-corrected chi connectivity index (χ3v) is 7.72. The second kappa shape index (κ2) is 13.1. The summed E-state index contributed by atoms with van der Waals surface area (Å²) in [6, 6.07) is 14.2. The highest BCUT2D eigenvalue weighted by molar-refractivity contribution is 5.48. The Morgan fingerprint density at radius 2 is 1.56 bits per heavy atom. The van der Waals surface area contributed by atoms with Gasteiger partial charge in [-0.3, -0.25) is 0 Å². The molecule has 3 rings (SSSR count). The van der Waals surface area contributed by atoms with Crippen LogP contribution in [0.3, 0.4) is 0 Å². The van der Waals surface area contributed by atoms with Gasteiger partial charge in [0.25, 0.3) is 0 Å². The Kier molecular flexibility index (Phi) is 10.2. The monoisotopic (exact) mass is 433 g/mol. The number of hydrogen-bond donors (Lipinski definition) is 1. The average Bonchev–Trinajstić information content (AvgIpc) is 2.80. The van der Waals surface area contributed by atoms with Crippen molar-refractivity contribution in [3.63, 3.8) is 0 Å². The molecule has 2 aromatic carbocycles. The van der Waals surface area contributed by atoms with E-state index < -0.39 is 0 Å². The largest absolute Gasteiger partial charge is 0.385 e. The van der Waals surface area contributed by atoms with Crippen LogP contribution in [0.4, 0.5) is 5.69 Å². The van der Waals surface area contributed by atoms with Crippen LogP contribution >= 0.6 is 0 Å². The predicted octanol–water partition coefficient (Wildman–Crippen LogP) is 9.15. The molecule has 1 saturated carbocycles. The van der Waals surface area contributed by atoms with E-state index in [-0.39, 0.29) is 0 Å². The highest BCUT2D eigenvalue weighted by Crippen LogP contribution is 2.39. The SMILES string of the molecule is CCCCC[C@H]1CC[C@H](c2ccc(CCc3ccc(NCCCC)cc3C)cc2C)CC1. The molecule has 0 saturated heterocycles. The minimum Gasteiger partial charge on any atom is -0.385 e. The molecule has 0 heterocycles. The van der Waals surface area contributed by atoms with E-state index in [2.05, 4.69) is 69.4 Å². The van der Waals surface area contributed by atoms with Gasteiger partial charge in [-0.2, -0.15) is 0 Å². The predicted molar refractivity (Wildman–Crippen MR) is 142 cm³/mol. The van der Waals surface area contributed by atoms with Gasteiger partial charge in [0, 0.05) is 12.2 Å². The number of benzene rings is 2. The number of rotatable bonds is 12. The topological polar surface area (TPSA) is 12.0 Å². The molecule has 176 valence electrons. The molecule has 0 bridgehead atoms. The van der Waals surface area contributed by atoms with Gasteiger partial charge in [0.1, 0.15) is 0 Å². The molecular formula is C31H47N. The summed E-state index contributed by atoms with van der Waals surface area (Å²) >= 11 is 0. The van der Waals surface area contributed by atoms with Gasteiger partial charge in [0.05, 0.1) is 0 Å². The second-order valence-electron chi connectivity index (χ2n) is 10.3. The number of hydrogen-bond acceptors (Lipinski definition) is 1. The second-order valence-corrected chi connectivity index (χ2v) is 10.3. The van der Waals surface area contributed by atoms with Gasteiger partial charge in [-0.05, 0) is 111 Å². The maximum absolute atomic E-state index is 3.55. The fourth-order valence-electron chi connectivity index (χ4n) is 5.57. The zero-order valence-corrected chi connectivity index (χ0v) is 21.3. The first-order valence-electron chi connectivity index (χ1n) is 13.5. The summed E-state index contributed by atoms with van der Waals surface area (Å²) in [4.78, 5) is 0. The van der Waals surface area contributed by atoms with Crippen molar-refractivity contribution in [1.29, 1.82) is 0 Å². The number of anilines is 1. The van der Waals surface area contributed by atoms with Crippen molar-refractivity contribution in [2.45, 2.75) is 111 Å². The van der Waals surface area contributed by atoms with Gasteiger partial charge in [-0.1, -0.05) is 70.2 Å². The fourth-order valence-corrected chi connectivity index (χ4v) is 5.57. The summed E-state index contributed by atoms with van der Waals surface area (Å²) in [5.41, 5.74) is 8.79. The Bertz CT molecular complexity index is 813.